The highest BCUT2D eigenvalue weighted by molar-refractivity contribution is 7.97. The summed E-state index contributed by atoms with van der Waals surface area (Å²) in [6.07, 6.45) is 4.07. The Kier molecular flexibility index (Phi) is 5.92. The van der Waals surface area contributed by atoms with Crippen molar-refractivity contribution in [3.8, 4) is 28.8 Å². The van der Waals surface area contributed by atoms with E-state index < -0.39 is 11.6 Å². The van der Waals surface area contributed by atoms with Crippen LogP contribution >= 0.6 is 11.9 Å². The molecule has 2 amide bonds. The molecule has 0 bridgehead atoms. The molecule has 0 saturated heterocycles. The van der Waals surface area contributed by atoms with Crippen molar-refractivity contribution >= 4 is 23.7 Å². The lowest BCUT2D eigenvalue weighted by atomic mass is 9.99. The quantitative estimate of drug-likeness (QED) is 0.546. The highest BCUT2D eigenvalue weighted by Crippen LogP contribution is 2.40. The molecule has 32 heavy (non-hydrogen) atoms. The maximum absolute atomic E-state index is 12.7. The smallest absolute Gasteiger partial charge is 0.329 e. The number of hydrogen-bond acceptors (Lipinski definition) is 7. The zero-order valence-corrected chi connectivity index (χ0v) is 18.7. The van der Waals surface area contributed by atoms with Crippen molar-refractivity contribution in [1.29, 1.82) is 5.26 Å². The van der Waals surface area contributed by atoms with Gasteiger partial charge in [0.25, 0.3) is 0 Å². The average Bonchev–Trinajstić information content (AvgIpc) is 3.48. The number of pyridine rings is 1. The van der Waals surface area contributed by atoms with Crippen molar-refractivity contribution in [2.45, 2.75) is 30.8 Å². The van der Waals surface area contributed by atoms with Gasteiger partial charge in [-0.2, -0.15) is 10.4 Å². The number of nitrogens with one attached hydrogen (secondary N) is 2. The third kappa shape index (κ3) is 4.33. The average molecular weight is 451 g/mol. The molecule has 1 aliphatic heterocycles. The van der Waals surface area contributed by atoms with Gasteiger partial charge in [0.05, 0.1) is 25.5 Å². The minimum Gasteiger partial charge on any atom is -0.493 e. The molecule has 3 aromatic rings. The molecule has 0 aliphatic carbocycles. The zero-order valence-electron chi connectivity index (χ0n) is 17.9. The number of carbonyl (C=O) groups excluding carboxylic acids is 1. The summed E-state index contributed by atoms with van der Waals surface area (Å²) in [6.45, 7) is 4.10. The fourth-order valence-corrected chi connectivity index (χ4v) is 3.82. The summed E-state index contributed by atoms with van der Waals surface area (Å²) in [7, 11) is 1.56. The van der Waals surface area contributed by atoms with E-state index in [1.165, 1.54) is 0 Å². The Morgan fingerprint density at radius 3 is 2.97 bits per heavy atom. The predicted octanol–water partition coefficient (Wildman–Crippen LogP) is 3.98. The molecule has 4 rings (SSSR count). The maximum atomic E-state index is 12.7. The van der Waals surface area contributed by atoms with Gasteiger partial charge in [-0.3, -0.25) is 9.40 Å². The highest BCUT2D eigenvalue weighted by atomic mass is 32.2. The number of anilines is 1. The summed E-state index contributed by atoms with van der Waals surface area (Å²) in [5.74, 6) is 1.25. The van der Waals surface area contributed by atoms with Crippen LogP contribution in [0.15, 0.2) is 47.8 Å². The Morgan fingerprint density at radius 1 is 1.34 bits per heavy atom. The van der Waals surface area contributed by atoms with Gasteiger partial charge in [0.1, 0.15) is 16.3 Å². The second-order valence-electron chi connectivity index (χ2n) is 7.58. The first-order valence-corrected chi connectivity index (χ1v) is 10.7. The Bertz CT molecular complexity index is 1200. The van der Waals surface area contributed by atoms with Crippen LogP contribution in [0.5, 0.6) is 11.6 Å². The second-order valence-corrected chi connectivity index (χ2v) is 8.40. The van der Waals surface area contributed by atoms with E-state index in [-0.39, 0.29) is 0 Å². The Morgan fingerprint density at radius 2 is 2.19 bits per heavy atom. The number of hydrogen-bond donors (Lipinski definition) is 2. The number of fused-ring (bicyclic) bond motifs is 1. The fraction of sp³-hybridized carbons (Fsp3) is 0.273. The van der Waals surface area contributed by atoms with Crippen molar-refractivity contribution < 1.29 is 14.3 Å². The number of nitrogens with zero attached hydrogens (tertiary/aromatic N) is 4. The van der Waals surface area contributed by atoms with E-state index in [9.17, 15) is 10.1 Å². The summed E-state index contributed by atoms with van der Waals surface area (Å²) in [5, 5.41) is 17.1. The van der Waals surface area contributed by atoms with Crippen LogP contribution in [0.3, 0.4) is 0 Å². The third-order valence-electron chi connectivity index (χ3n) is 5.03. The van der Waals surface area contributed by atoms with E-state index in [1.807, 2.05) is 24.3 Å². The molecular weight excluding hydrogens is 428 g/mol. The van der Waals surface area contributed by atoms with E-state index >= 15 is 0 Å². The maximum Gasteiger partial charge on any atom is 0.329 e. The van der Waals surface area contributed by atoms with Crippen LogP contribution in [0.2, 0.25) is 0 Å². The molecule has 0 saturated carbocycles. The minimum atomic E-state index is -0.772. The molecule has 2 N–H and O–H groups in total. The molecule has 1 aromatic carbocycles. The summed E-state index contributed by atoms with van der Waals surface area (Å²) in [6, 6.07) is 11.0. The number of nitriles is 1. The van der Waals surface area contributed by atoms with Crippen molar-refractivity contribution in [2.24, 2.45) is 0 Å². The van der Waals surface area contributed by atoms with Gasteiger partial charge in [-0.25, -0.2) is 9.78 Å². The first-order chi connectivity index (χ1) is 15.4. The summed E-state index contributed by atoms with van der Waals surface area (Å²) in [5.41, 5.74) is 2.56. The van der Waals surface area contributed by atoms with Gasteiger partial charge in [-0.1, -0.05) is 0 Å². The predicted molar refractivity (Wildman–Crippen MR) is 121 cm³/mol. The lowest BCUT2D eigenvalue weighted by Gasteiger charge is -2.16. The first-order valence-electron chi connectivity index (χ1n) is 9.91. The number of ether oxygens (including phenoxy) is 2. The van der Waals surface area contributed by atoms with Crippen molar-refractivity contribution in [3.63, 3.8) is 0 Å². The van der Waals surface area contributed by atoms with E-state index in [2.05, 4.69) is 26.2 Å². The number of benzene rings is 1. The molecule has 0 unspecified atom stereocenters. The summed E-state index contributed by atoms with van der Waals surface area (Å²) >= 11 is 1.07. The second kappa shape index (κ2) is 8.80. The molecular formula is C22H22N6O3S. The molecule has 164 valence electrons. The summed E-state index contributed by atoms with van der Waals surface area (Å²) in [4.78, 5) is 16.9. The van der Waals surface area contributed by atoms with Crippen LogP contribution in [0, 0.1) is 11.3 Å². The number of rotatable bonds is 6. The SMILES string of the molecule is COc1cc(-c2ccc3c(c2NC(=O)NSc2ccn(C(C)(C)C#N)n2)CCO3)ccn1. The fourth-order valence-electron chi connectivity index (χ4n) is 3.31. The molecule has 0 spiro atoms. The topological polar surface area (TPSA) is 114 Å². The molecule has 10 heteroatoms. The monoisotopic (exact) mass is 450 g/mol. The number of urea groups is 1. The minimum absolute atomic E-state index is 0.397. The van der Waals surface area contributed by atoms with E-state index in [4.69, 9.17) is 9.47 Å². The Labute approximate surface area is 189 Å². The van der Waals surface area contributed by atoms with Crippen LogP contribution in [-0.4, -0.2) is 34.5 Å². The van der Waals surface area contributed by atoms with Crippen LogP contribution in [0.4, 0.5) is 10.5 Å². The zero-order chi connectivity index (χ0) is 22.7. The number of amides is 2. The van der Waals surface area contributed by atoms with Crippen LogP contribution < -0.4 is 19.5 Å². The van der Waals surface area contributed by atoms with E-state index in [0.717, 1.165) is 34.4 Å². The third-order valence-corrected chi connectivity index (χ3v) is 5.75. The lowest BCUT2D eigenvalue weighted by molar-refractivity contribution is 0.257. The summed E-state index contributed by atoms with van der Waals surface area (Å²) < 4.78 is 15.2. The number of aromatic nitrogens is 3. The van der Waals surface area contributed by atoms with Crippen molar-refractivity contribution in [2.75, 3.05) is 19.0 Å². The largest absolute Gasteiger partial charge is 0.493 e. The molecule has 2 aromatic heterocycles. The van der Waals surface area contributed by atoms with Gasteiger partial charge >= 0.3 is 6.03 Å². The standard InChI is InChI=1S/C22H22N6O3S/c1-22(2,13-23)28-10-7-19(26-28)32-27-21(29)25-20-15(4-5-17-16(20)8-11-31-17)14-6-9-24-18(12-14)30-3/h4-7,9-10,12H,8,11H2,1-3H3,(H2,25,27,29). The highest BCUT2D eigenvalue weighted by Gasteiger charge is 2.23. The van der Waals surface area contributed by atoms with Gasteiger partial charge < -0.3 is 14.8 Å². The van der Waals surface area contributed by atoms with Crippen molar-refractivity contribution in [3.05, 3.63) is 48.3 Å². The molecule has 0 radical (unpaired) electrons. The lowest BCUT2D eigenvalue weighted by Crippen LogP contribution is -2.25. The van der Waals surface area contributed by atoms with Gasteiger partial charge in [0, 0.05) is 48.0 Å². The molecule has 9 nitrogen and oxygen atoms in total. The molecule has 1 aliphatic rings. The van der Waals surface area contributed by atoms with Crippen LogP contribution in [0.1, 0.15) is 19.4 Å². The van der Waals surface area contributed by atoms with Gasteiger partial charge in [-0.05, 0) is 43.7 Å². The molecule has 0 atom stereocenters. The molecule has 0 fully saturated rings. The number of methoxy groups -OCH3 is 1. The first kappa shape index (κ1) is 21.5. The Hall–Kier alpha value is -3.71. The Balaban J connectivity index is 1.54. The number of carbonyl (C=O) groups is 1. The van der Waals surface area contributed by atoms with E-state index in [0.29, 0.717) is 29.6 Å². The van der Waals surface area contributed by atoms with Gasteiger partial charge in [-0.15, -0.1) is 0 Å². The normalized spacial score (nSPS) is 12.4. The van der Waals surface area contributed by atoms with Gasteiger partial charge in [0.15, 0.2) is 0 Å². The van der Waals surface area contributed by atoms with Crippen LogP contribution in [0.25, 0.3) is 11.1 Å². The van der Waals surface area contributed by atoms with Crippen LogP contribution in [-0.2, 0) is 12.0 Å². The van der Waals surface area contributed by atoms with Gasteiger partial charge in [0.2, 0.25) is 5.88 Å². The van der Waals surface area contributed by atoms with E-state index in [1.54, 1.807) is 44.1 Å². The molecule has 3 heterocycles. The van der Waals surface area contributed by atoms with Crippen molar-refractivity contribution in [1.82, 2.24) is 19.5 Å².